The molecule has 1 aliphatic rings. The molecule has 0 radical (unpaired) electrons. The van der Waals surface area contributed by atoms with Gasteiger partial charge in [-0.3, -0.25) is 4.79 Å². The van der Waals surface area contributed by atoms with E-state index in [1.807, 2.05) is 12.1 Å². The molecule has 1 aliphatic carbocycles. The Kier molecular flexibility index (Phi) is 1.86. The summed E-state index contributed by atoms with van der Waals surface area (Å²) < 4.78 is 0. The molecule has 0 fully saturated rings. The number of hydrogen-bond acceptors (Lipinski definition) is 2. The number of aliphatic hydroxyl groups is 1. The summed E-state index contributed by atoms with van der Waals surface area (Å²) in [4.78, 5) is 11.1. The molecule has 0 unspecified atom stereocenters. The maximum absolute atomic E-state index is 11.1. The van der Waals surface area contributed by atoms with Crippen molar-refractivity contribution in [2.75, 3.05) is 0 Å². The van der Waals surface area contributed by atoms with Crippen LogP contribution < -0.4 is 0 Å². The molecule has 0 aromatic heterocycles. The van der Waals surface area contributed by atoms with Gasteiger partial charge in [-0.25, -0.2) is 0 Å². The highest BCUT2D eigenvalue weighted by Gasteiger charge is 2.48. The lowest BCUT2D eigenvalue weighted by molar-refractivity contribution is -0.147. The molecule has 2 N–H and O–H groups in total. The molecule has 0 saturated carbocycles. The van der Waals surface area contributed by atoms with Gasteiger partial charge in [0.1, 0.15) is 5.41 Å². The van der Waals surface area contributed by atoms with E-state index in [2.05, 4.69) is 0 Å². The first kappa shape index (κ1) is 9.21. The summed E-state index contributed by atoms with van der Waals surface area (Å²) in [6.07, 6.45) is -0.392. The summed E-state index contributed by atoms with van der Waals surface area (Å²) in [5.74, 6) is -0.963. The van der Waals surface area contributed by atoms with Crippen molar-refractivity contribution in [2.24, 2.45) is 0 Å². The number of aliphatic carboxylic acids is 1. The normalized spacial score (nSPS) is 30.0. The zero-order chi connectivity index (χ0) is 10.3. The first-order valence-electron chi connectivity index (χ1n) is 4.56. The molecular formula is C11H12O3. The largest absolute Gasteiger partial charge is 0.481 e. The van der Waals surface area contributed by atoms with E-state index >= 15 is 0 Å². The molecule has 0 saturated heterocycles. The molecule has 3 heteroatoms. The van der Waals surface area contributed by atoms with Crippen LogP contribution in [0.5, 0.6) is 0 Å². The molecule has 0 aliphatic heterocycles. The van der Waals surface area contributed by atoms with Gasteiger partial charge < -0.3 is 10.2 Å². The van der Waals surface area contributed by atoms with E-state index in [1.165, 1.54) is 0 Å². The van der Waals surface area contributed by atoms with Crippen molar-refractivity contribution in [3.63, 3.8) is 0 Å². The summed E-state index contributed by atoms with van der Waals surface area (Å²) in [7, 11) is 0. The third kappa shape index (κ3) is 0.990. The lowest BCUT2D eigenvalue weighted by Gasteiger charge is -2.23. The molecule has 0 bridgehead atoms. The van der Waals surface area contributed by atoms with Crippen molar-refractivity contribution in [3.05, 3.63) is 35.4 Å². The molecule has 2 atom stereocenters. The van der Waals surface area contributed by atoms with Crippen LogP contribution in [-0.2, 0) is 16.6 Å². The van der Waals surface area contributed by atoms with E-state index in [0.717, 1.165) is 11.1 Å². The van der Waals surface area contributed by atoms with Crippen molar-refractivity contribution in [2.45, 2.75) is 24.9 Å². The van der Waals surface area contributed by atoms with E-state index < -0.39 is 17.5 Å². The van der Waals surface area contributed by atoms with E-state index in [9.17, 15) is 9.90 Å². The number of carbonyl (C=O) groups is 1. The number of carboxylic acid groups (broad SMARTS) is 1. The van der Waals surface area contributed by atoms with Crippen LogP contribution in [0.15, 0.2) is 24.3 Å². The Bertz CT molecular complexity index is 386. The summed E-state index contributed by atoms with van der Waals surface area (Å²) in [5.41, 5.74) is 0.529. The Morgan fingerprint density at radius 1 is 1.50 bits per heavy atom. The van der Waals surface area contributed by atoms with Crippen LogP contribution in [0.3, 0.4) is 0 Å². The van der Waals surface area contributed by atoms with Gasteiger partial charge in [0.2, 0.25) is 0 Å². The van der Waals surface area contributed by atoms with Gasteiger partial charge in [0.25, 0.3) is 0 Å². The topological polar surface area (TPSA) is 57.5 Å². The fourth-order valence-corrected chi connectivity index (χ4v) is 2.05. The minimum absolute atomic E-state index is 0.430. The zero-order valence-electron chi connectivity index (χ0n) is 7.90. The molecule has 2 rings (SSSR count). The molecule has 3 nitrogen and oxygen atoms in total. The van der Waals surface area contributed by atoms with Gasteiger partial charge in [-0.05, 0) is 18.1 Å². The third-order valence-electron chi connectivity index (χ3n) is 3.10. The van der Waals surface area contributed by atoms with Gasteiger partial charge in [-0.15, -0.1) is 0 Å². The average molecular weight is 192 g/mol. The number of aliphatic hydroxyl groups excluding tert-OH is 1. The number of fused-ring (bicyclic) bond motifs is 1. The molecule has 14 heavy (non-hydrogen) atoms. The number of benzene rings is 1. The van der Waals surface area contributed by atoms with Gasteiger partial charge in [-0.2, -0.15) is 0 Å². The summed E-state index contributed by atoms with van der Waals surface area (Å²) in [6, 6.07) is 7.31. The molecule has 0 spiro atoms. The molecule has 0 heterocycles. The summed E-state index contributed by atoms with van der Waals surface area (Å²) >= 11 is 0. The Hall–Kier alpha value is -1.35. The first-order valence-corrected chi connectivity index (χ1v) is 4.56. The average Bonchev–Trinajstić information content (AvgIpc) is 2.41. The maximum Gasteiger partial charge on any atom is 0.316 e. The molecule has 1 aromatic carbocycles. The van der Waals surface area contributed by atoms with Gasteiger partial charge >= 0.3 is 5.97 Å². The molecule has 1 aromatic rings. The van der Waals surface area contributed by atoms with Crippen molar-refractivity contribution in [1.82, 2.24) is 0 Å². The molecule has 0 amide bonds. The maximum atomic E-state index is 11.1. The Morgan fingerprint density at radius 2 is 2.14 bits per heavy atom. The second kappa shape index (κ2) is 2.82. The van der Waals surface area contributed by atoms with Crippen LogP contribution >= 0.6 is 0 Å². The van der Waals surface area contributed by atoms with Gasteiger partial charge in [0.05, 0.1) is 6.10 Å². The van der Waals surface area contributed by atoms with Crippen LogP contribution in [0.2, 0.25) is 0 Å². The van der Waals surface area contributed by atoms with E-state index in [-0.39, 0.29) is 0 Å². The second-order valence-corrected chi connectivity index (χ2v) is 3.88. The van der Waals surface area contributed by atoms with Crippen LogP contribution in [-0.4, -0.2) is 22.3 Å². The quantitative estimate of drug-likeness (QED) is 0.696. The first-order chi connectivity index (χ1) is 6.56. The minimum atomic E-state index is -1.14. The Balaban J connectivity index is 2.60. The molecular weight excluding hydrogens is 180 g/mol. The van der Waals surface area contributed by atoms with E-state index in [4.69, 9.17) is 5.11 Å². The van der Waals surface area contributed by atoms with E-state index in [1.54, 1.807) is 19.1 Å². The zero-order valence-corrected chi connectivity index (χ0v) is 7.90. The second-order valence-electron chi connectivity index (χ2n) is 3.88. The minimum Gasteiger partial charge on any atom is -0.481 e. The summed E-state index contributed by atoms with van der Waals surface area (Å²) in [5, 5.41) is 18.9. The lowest BCUT2D eigenvalue weighted by Crippen LogP contribution is -2.40. The highest BCUT2D eigenvalue weighted by molar-refractivity contribution is 5.83. The highest BCUT2D eigenvalue weighted by atomic mass is 16.4. The van der Waals surface area contributed by atoms with Gasteiger partial charge in [-0.1, -0.05) is 24.3 Å². The summed E-state index contributed by atoms with van der Waals surface area (Å²) in [6.45, 7) is 1.58. The Morgan fingerprint density at radius 3 is 2.79 bits per heavy atom. The predicted molar refractivity (Wildman–Crippen MR) is 51.1 cm³/mol. The monoisotopic (exact) mass is 192 g/mol. The van der Waals surface area contributed by atoms with Crippen molar-refractivity contribution in [3.8, 4) is 0 Å². The van der Waals surface area contributed by atoms with Crippen molar-refractivity contribution in [1.29, 1.82) is 0 Å². The van der Waals surface area contributed by atoms with Crippen LogP contribution in [0.4, 0.5) is 0 Å². The van der Waals surface area contributed by atoms with Crippen LogP contribution in [0, 0.1) is 0 Å². The number of carboxylic acids is 1. The standard InChI is InChI=1S/C11H12O3/c1-11(10(13)14)8-5-3-2-4-7(8)6-9(11)12/h2-5,9,12H,6H2,1H3,(H,13,14)/t9-,11+/m0/s1. The predicted octanol–water partition coefficient (Wildman–Crippen LogP) is 0.946. The fraction of sp³-hybridized carbons (Fsp3) is 0.364. The number of rotatable bonds is 1. The lowest BCUT2D eigenvalue weighted by atomic mass is 9.82. The fourth-order valence-electron chi connectivity index (χ4n) is 2.05. The Labute approximate surface area is 82.0 Å². The number of hydrogen-bond donors (Lipinski definition) is 2. The van der Waals surface area contributed by atoms with Gasteiger partial charge in [0, 0.05) is 6.42 Å². The van der Waals surface area contributed by atoms with Crippen molar-refractivity contribution >= 4 is 5.97 Å². The SMILES string of the molecule is C[C@@]1(C(=O)O)c2ccccc2C[C@@H]1O. The van der Waals surface area contributed by atoms with E-state index in [0.29, 0.717) is 6.42 Å². The smallest absolute Gasteiger partial charge is 0.316 e. The van der Waals surface area contributed by atoms with Crippen LogP contribution in [0.25, 0.3) is 0 Å². The van der Waals surface area contributed by atoms with Crippen molar-refractivity contribution < 1.29 is 15.0 Å². The molecule has 74 valence electrons. The third-order valence-corrected chi connectivity index (χ3v) is 3.10. The van der Waals surface area contributed by atoms with Gasteiger partial charge in [0.15, 0.2) is 0 Å². The highest BCUT2D eigenvalue weighted by Crippen LogP contribution is 2.38. The van der Waals surface area contributed by atoms with Crippen LogP contribution in [0.1, 0.15) is 18.1 Å².